The molecule has 1 fully saturated rings. The third-order valence-electron chi connectivity index (χ3n) is 3.35. The Labute approximate surface area is 105 Å². The normalized spacial score (nSPS) is 19.2. The topological polar surface area (TPSA) is 86.9 Å². The molecule has 18 heavy (non-hydrogen) atoms. The van der Waals surface area contributed by atoms with Crippen LogP contribution in [0, 0.1) is 19.8 Å². The van der Waals surface area contributed by atoms with Crippen LogP contribution < -0.4 is 4.90 Å². The van der Waals surface area contributed by atoms with Crippen molar-refractivity contribution in [3.63, 3.8) is 0 Å². The Hall–Kier alpha value is -2.01. The van der Waals surface area contributed by atoms with Crippen molar-refractivity contribution < 1.29 is 4.79 Å². The summed E-state index contributed by atoms with van der Waals surface area (Å²) in [6, 6.07) is 0. The zero-order chi connectivity index (χ0) is 13.3. The summed E-state index contributed by atoms with van der Waals surface area (Å²) in [7, 11) is 1.86. The molecule has 2 rings (SSSR count). The van der Waals surface area contributed by atoms with Gasteiger partial charge < -0.3 is 4.90 Å². The molecule has 0 saturated carbocycles. The second-order valence-corrected chi connectivity index (χ2v) is 4.63. The van der Waals surface area contributed by atoms with E-state index in [9.17, 15) is 4.79 Å². The largest absolute Gasteiger partial charge is 0.309 e. The second-order valence-electron chi connectivity index (χ2n) is 4.63. The third kappa shape index (κ3) is 2.04. The van der Waals surface area contributed by atoms with Crippen LogP contribution in [0.2, 0.25) is 0 Å². The van der Waals surface area contributed by atoms with E-state index in [1.807, 2.05) is 20.9 Å². The monoisotopic (exact) mass is 248 g/mol. The van der Waals surface area contributed by atoms with Gasteiger partial charge in [-0.1, -0.05) is 5.11 Å². The van der Waals surface area contributed by atoms with Crippen LogP contribution in [-0.4, -0.2) is 28.8 Å². The standard InChI is InChI=1S/C11H16N6O/c1-7-11(8(2)16(3)14-7)17-6-9(4-10(17)18)5-13-15-12/h9H,4-6H2,1-3H3. The van der Waals surface area contributed by atoms with Gasteiger partial charge in [-0.25, -0.2) is 0 Å². The van der Waals surface area contributed by atoms with E-state index in [0.717, 1.165) is 17.1 Å². The maximum absolute atomic E-state index is 12.0. The highest BCUT2D eigenvalue weighted by Crippen LogP contribution is 2.30. The average Bonchev–Trinajstić information content (AvgIpc) is 2.78. The number of carbonyl (C=O) groups excluding carboxylic acids is 1. The van der Waals surface area contributed by atoms with E-state index in [1.165, 1.54) is 0 Å². The van der Waals surface area contributed by atoms with Gasteiger partial charge in [0.15, 0.2) is 0 Å². The van der Waals surface area contributed by atoms with E-state index in [1.54, 1.807) is 9.58 Å². The fourth-order valence-corrected chi connectivity index (χ4v) is 2.43. The van der Waals surface area contributed by atoms with Crippen LogP contribution in [0.3, 0.4) is 0 Å². The van der Waals surface area contributed by atoms with Crippen molar-refractivity contribution >= 4 is 11.6 Å². The average molecular weight is 248 g/mol. The van der Waals surface area contributed by atoms with Gasteiger partial charge in [0.2, 0.25) is 5.91 Å². The van der Waals surface area contributed by atoms with E-state index in [0.29, 0.717) is 19.5 Å². The number of azide groups is 1. The zero-order valence-corrected chi connectivity index (χ0v) is 10.8. The quantitative estimate of drug-likeness (QED) is 0.463. The van der Waals surface area contributed by atoms with Crippen molar-refractivity contribution in [3.8, 4) is 0 Å². The molecule has 2 heterocycles. The van der Waals surface area contributed by atoms with Crippen molar-refractivity contribution in [2.24, 2.45) is 18.1 Å². The molecule has 1 unspecified atom stereocenters. The van der Waals surface area contributed by atoms with Gasteiger partial charge in [0.05, 0.1) is 17.1 Å². The number of hydrogen-bond acceptors (Lipinski definition) is 3. The number of nitrogens with zero attached hydrogens (tertiary/aromatic N) is 6. The molecule has 0 aliphatic carbocycles. The molecule has 7 heteroatoms. The van der Waals surface area contributed by atoms with Crippen molar-refractivity contribution in [3.05, 3.63) is 21.8 Å². The highest BCUT2D eigenvalue weighted by Gasteiger charge is 2.32. The van der Waals surface area contributed by atoms with Crippen LogP contribution in [0.1, 0.15) is 17.8 Å². The number of carbonyl (C=O) groups is 1. The zero-order valence-electron chi connectivity index (χ0n) is 10.8. The Bertz CT molecular complexity index is 528. The van der Waals surface area contributed by atoms with Crippen LogP contribution in [0.25, 0.3) is 10.4 Å². The predicted octanol–water partition coefficient (Wildman–Crippen LogP) is 1.70. The molecule has 1 amide bonds. The molecule has 7 nitrogen and oxygen atoms in total. The summed E-state index contributed by atoms with van der Waals surface area (Å²) in [6.45, 7) is 4.82. The van der Waals surface area contributed by atoms with Gasteiger partial charge in [0, 0.05) is 31.5 Å². The molecule has 1 aromatic heterocycles. The van der Waals surface area contributed by atoms with Gasteiger partial charge in [-0.3, -0.25) is 9.48 Å². The Morgan fingerprint density at radius 2 is 2.28 bits per heavy atom. The first-order valence-electron chi connectivity index (χ1n) is 5.86. The van der Waals surface area contributed by atoms with Gasteiger partial charge >= 0.3 is 0 Å². The summed E-state index contributed by atoms with van der Waals surface area (Å²) in [5.74, 6) is 0.180. The lowest BCUT2D eigenvalue weighted by molar-refractivity contribution is -0.117. The first-order chi connectivity index (χ1) is 8.54. The predicted molar refractivity (Wildman–Crippen MR) is 67.2 cm³/mol. The van der Waals surface area contributed by atoms with E-state index in [-0.39, 0.29) is 11.8 Å². The smallest absolute Gasteiger partial charge is 0.227 e. The molecule has 0 radical (unpaired) electrons. The summed E-state index contributed by atoms with van der Waals surface area (Å²) in [6.07, 6.45) is 0.437. The molecule has 0 bridgehead atoms. The van der Waals surface area contributed by atoms with Crippen molar-refractivity contribution in [1.29, 1.82) is 0 Å². The molecule has 1 aliphatic rings. The number of rotatable bonds is 3. The fraction of sp³-hybridized carbons (Fsp3) is 0.636. The number of anilines is 1. The minimum Gasteiger partial charge on any atom is -0.309 e. The maximum atomic E-state index is 12.0. The highest BCUT2D eigenvalue weighted by molar-refractivity contribution is 5.96. The minimum atomic E-state index is 0.0762. The summed E-state index contributed by atoms with van der Waals surface area (Å²) in [4.78, 5) is 16.5. The minimum absolute atomic E-state index is 0.0762. The molecule has 1 aromatic rings. The van der Waals surface area contributed by atoms with Crippen LogP contribution in [0.5, 0.6) is 0 Å². The molecule has 1 saturated heterocycles. The van der Waals surface area contributed by atoms with Crippen LogP contribution in [0.4, 0.5) is 5.69 Å². The lowest BCUT2D eigenvalue weighted by Crippen LogP contribution is -2.26. The first-order valence-corrected chi connectivity index (χ1v) is 5.86. The Morgan fingerprint density at radius 1 is 1.56 bits per heavy atom. The number of aromatic nitrogens is 2. The summed E-state index contributed by atoms with van der Waals surface area (Å²) < 4.78 is 1.78. The second kappa shape index (κ2) is 4.70. The summed E-state index contributed by atoms with van der Waals surface area (Å²) >= 11 is 0. The Kier molecular flexibility index (Phi) is 3.25. The summed E-state index contributed by atoms with van der Waals surface area (Å²) in [5.41, 5.74) is 11.0. The van der Waals surface area contributed by atoms with Crippen LogP contribution in [0.15, 0.2) is 5.11 Å². The third-order valence-corrected chi connectivity index (χ3v) is 3.35. The number of hydrogen-bond donors (Lipinski definition) is 0. The highest BCUT2D eigenvalue weighted by atomic mass is 16.2. The fourth-order valence-electron chi connectivity index (χ4n) is 2.43. The lowest BCUT2D eigenvalue weighted by atomic mass is 10.1. The summed E-state index contributed by atoms with van der Waals surface area (Å²) in [5, 5.41) is 7.86. The molecule has 1 atom stereocenters. The van der Waals surface area contributed by atoms with E-state index >= 15 is 0 Å². The van der Waals surface area contributed by atoms with Gasteiger partial charge in [0.1, 0.15) is 0 Å². The molecule has 96 valence electrons. The van der Waals surface area contributed by atoms with Gasteiger partial charge in [0.25, 0.3) is 0 Å². The Balaban J connectivity index is 2.24. The molecular weight excluding hydrogens is 232 g/mol. The van der Waals surface area contributed by atoms with Crippen molar-refractivity contribution in [2.45, 2.75) is 20.3 Å². The molecule has 0 N–H and O–H groups in total. The van der Waals surface area contributed by atoms with Crippen molar-refractivity contribution in [1.82, 2.24) is 9.78 Å². The molecule has 1 aliphatic heterocycles. The van der Waals surface area contributed by atoms with E-state index in [2.05, 4.69) is 15.1 Å². The van der Waals surface area contributed by atoms with E-state index in [4.69, 9.17) is 5.53 Å². The van der Waals surface area contributed by atoms with Crippen molar-refractivity contribution in [2.75, 3.05) is 18.0 Å². The van der Waals surface area contributed by atoms with Gasteiger partial charge in [-0.2, -0.15) is 5.10 Å². The molecule has 0 spiro atoms. The van der Waals surface area contributed by atoms with Crippen LogP contribution in [-0.2, 0) is 11.8 Å². The number of amides is 1. The van der Waals surface area contributed by atoms with Gasteiger partial charge in [-0.05, 0) is 25.3 Å². The Morgan fingerprint density at radius 3 is 2.83 bits per heavy atom. The van der Waals surface area contributed by atoms with Gasteiger partial charge in [-0.15, -0.1) is 0 Å². The van der Waals surface area contributed by atoms with E-state index < -0.39 is 0 Å². The van der Waals surface area contributed by atoms with Crippen LogP contribution >= 0.6 is 0 Å². The molecular formula is C11H16N6O. The SMILES string of the molecule is Cc1nn(C)c(C)c1N1CC(CN=[N+]=[N-])CC1=O. The first kappa shape index (κ1) is 12.4. The number of aryl methyl sites for hydroxylation is 2. The lowest BCUT2D eigenvalue weighted by Gasteiger charge is -2.16. The molecule has 0 aromatic carbocycles. The maximum Gasteiger partial charge on any atom is 0.227 e.